The van der Waals surface area contributed by atoms with E-state index in [2.05, 4.69) is 20.2 Å². The Bertz CT molecular complexity index is 442. The van der Waals surface area contributed by atoms with Crippen molar-refractivity contribution in [2.24, 2.45) is 0 Å². The molecule has 0 bridgehead atoms. The van der Waals surface area contributed by atoms with Crippen LogP contribution in [0.1, 0.15) is 56.9 Å². The van der Waals surface area contributed by atoms with Crippen LogP contribution in [0.4, 0.5) is 5.82 Å². The zero-order valence-corrected chi connectivity index (χ0v) is 12.6. The van der Waals surface area contributed by atoms with E-state index < -0.39 is 0 Å². The van der Waals surface area contributed by atoms with E-state index in [1.165, 1.54) is 25.7 Å². The third-order valence-corrected chi connectivity index (χ3v) is 3.29. The number of carbonyl (C=O) groups excluding carboxylic acids is 1. The Labute approximate surface area is 120 Å². The molecule has 0 aliphatic carbocycles. The summed E-state index contributed by atoms with van der Waals surface area (Å²) in [7, 11) is 0. The summed E-state index contributed by atoms with van der Waals surface area (Å²) in [5.74, 6) is 0.701. The summed E-state index contributed by atoms with van der Waals surface area (Å²) in [4.78, 5) is 22.9. The van der Waals surface area contributed by atoms with Gasteiger partial charge in [0.25, 0.3) is 5.91 Å². The maximum atomic E-state index is 12.0. The van der Waals surface area contributed by atoms with Crippen LogP contribution < -0.4 is 10.2 Å². The molecule has 1 N–H and O–H groups in total. The SMILES string of the molecule is CC(C)(C)NC(=O)c1cnc(N2CCCCCC2)cn1. The Balaban J connectivity index is 2.03. The molecule has 0 saturated carbocycles. The van der Waals surface area contributed by atoms with Crippen LogP contribution in [0.3, 0.4) is 0 Å². The van der Waals surface area contributed by atoms with Crippen molar-refractivity contribution in [2.75, 3.05) is 18.0 Å². The number of carbonyl (C=O) groups is 1. The molecule has 0 spiro atoms. The molecule has 0 aromatic carbocycles. The van der Waals surface area contributed by atoms with Crippen LogP contribution in [-0.4, -0.2) is 34.5 Å². The van der Waals surface area contributed by atoms with Crippen molar-refractivity contribution in [1.29, 1.82) is 0 Å². The first kappa shape index (κ1) is 14.8. The van der Waals surface area contributed by atoms with Crippen molar-refractivity contribution in [1.82, 2.24) is 15.3 Å². The average Bonchev–Trinajstić information content (AvgIpc) is 2.66. The first-order valence-corrected chi connectivity index (χ1v) is 7.35. The molecule has 20 heavy (non-hydrogen) atoms. The fourth-order valence-corrected chi connectivity index (χ4v) is 2.31. The molecule has 1 saturated heterocycles. The quantitative estimate of drug-likeness (QED) is 0.901. The molecule has 5 heteroatoms. The largest absolute Gasteiger partial charge is 0.355 e. The van der Waals surface area contributed by atoms with E-state index in [1.807, 2.05) is 20.8 Å². The molecule has 0 atom stereocenters. The van der Waals surface area contributed by atoms with Gasteiger partial charge in [0, 0.05) is 18.6 Å². The molecule has 1 aromatic rings. The van der Waals surface area contributed by atoms with Crippen molar-refractivity contribution < 1.29 is 4.79 Å². The molecule has 110 valence electrons. The second kappa shape index (κ2) is 6.20. The molecular formula is C15H24N4O. The van der Waals surface area contributed by atoms with Gasteiger partial charge in [-0.05, 0) is 33.6 Å². The van der Waals surface area contributed by atoms with Gasteiger partial charge in [0.05, 0.1) is 12.4 Å². The molecule has 0 unspecified atom stereocenters. The first-order valence-electron chi connectivity index (χ1n) is 7.35. The lowest BCUT2D eigenvalue weighted by Crippen LogP contribution is -2.41. The van der Waals surface area contributed by atoms with Crippen LogP contribution >= 0.6 is 0 Å². The van der Waals surface area contributed by atoms with E-state index >= 15 is 0 Å². The molecule has 2 rings (SSSR count). The first-order chi connectivity index (χ1) is 9.46. The number of rotatable bonds is 2. The third-order valence-electron chi connectivity index (χ3n) is 3.29. The van der Waals surface area contributed by atoms with Gasteiger partial charge in [-0.2, -0.15) is 0 Å². The summed E-state index contributed by atoms with van der Waals surface area (Å²) in [6, 6.07) is 0. The lowest BCUT2D eigenvalue weighted by Gasteiger charge is -2.22. The van der Waals surface area contributed by atoms with Crippen LogP contribution in [0.25, 0.3) is 0 Å². The summed E-state index contributed by atoms with van der Waals surface area (Å²) < 4.78 is 0. The summed E-state index contributed by atoms with van der Waals surface area (Å²) in [6.45, 7) is 7.90. The van der Waals surface area contributed by atoms with Gasteiger partial charge >= 0.3 is 0 Å². The highest BCUT2D eigenvalue weighted by molar-refractivity contribution is 5.92. The minimum Gasteiger partial charge on any atom is -0.355 e. The number of aromatic nitrogens is 2. The minimum atomic E-state index is -0.262. The molecule has 1 amide bonds. The summed E-state index contributed by atoms with van der Waals surface area (Å²) in [5, 5.41) is 2.89. The number of amides is 1. The molecule has 1 aliphatic heterocycles. The predicted octanol–water partition coefficient (Wildman–Crippen LogP) is 2.39. The molecule has 1 fully saturated rings. The van der Waals surface area contributed by atoms with E-state index in [4.69, 9.17) is 0 Å². The van der Waals surface area contributed by atoms with Gasteiger partial charge < -0.3 is 10.2 Å². The van der Waals surface area contributed by atoms with E-state index in [0.717, 1.165) is 18.9 Å². The number of nitrogens with zero attached hydrogens (tertiary/aromatic N) is 3. The van der Waals surface area contributed by atoms with Crippen molar-refractivity contribution >= 4 is 11.7 Å². The standard InChI is InChI=1S/C15H24N4O/c1-15(2,3)18-14(20)12-10-17-13(11-16-12)19-8-6-4-5-7-9-19/h10-11H,4-9H2,1-3H3,(H,18,20). The van der Waals surface area contributed by atoms with Crippen molar-refractivity contribution in [3.63, 3.8) is 0 Å². The molecule has 5 nitrogen and oxygen atoms in total. The van der Waals surface area contributed by atoms with Gasteiger partial charge in [-0.15, -0.1) is 0 Å². The fourth-order valence-electron chi connectivity index (χ4n) is 2.31. The number of nitrogens with one attached hydrogen (secondary N) is 1. The zero-order valence-electron chi connectivity index (χ0n) is 12.6. The topological polar surface area (TPSA) is 58.1 Å². The minimum absolute atomic E-state index is 0.174. The summed E-state index contributed by atoms with van der Waals surface area (Å²) in [5.41, 5.74) is 0.112. The highest BCUT2D eigenvalue weighted by Crippen LogP contribution is 2.16. The van der Waals surface area contributed by atoms with E-state index in [-0.39, 0.29) is 11.4 Å². The molecule has 1 aromatic heterocycles. The van der Waals surface area contributed by atoms with E-state index in [9.17, 15) is 4.79 Å². The fraction of sp³-hybridized carbons (Fsp3) is 0.667. The lowest BCUT2D eigenvalue weighted by molar-refractivity contribution is 0.0914. The van der Waals surface area contributed by atoms with Crippen LogP contribution in [-0.2, 0) is 0 Å². The molecule has 1 aliphatic rings. The molecule has 2 heterocycles. The number of hydrogen-bond acceptors (Lipinski definition) is 4. The van der Waals surface area contributed by atoms with Crippen LogP contribution in [0.15, 0.2) is 12.4 Å². The Morgan fingerprint density at radius 3 is 2.25 bits per heavy atom. The Morgan fingerprint density at radius 1 is 1.10 bits per heavy atom. The van der Waals surface area contributed by atoms with Gasteiger partial charge in [0.2, 0.25) is 0 Å². The summed E-state index contributed by atoms with van der Waals surface area (Å²) >= 11 is 0. The maximum Gasteiger partial charge on any atom is 0.271 e. The lowest BCUT2D eigenvalue weighted by atomic mass is 10.1. The van der Waals surface area contributed by atoms with Crippen molar-refractivity contribution in [3.8, 4) is 0 Å². The second-order valence-electron chi connectivity index (χ2n) is 6.37. The second-order valence-corrected chi connectivity index (χ2v) is 6.37. The van der Waals surface area contributed by atoms with Gasteiger partial charge in [0.1, 0.15) is 11.5 Å². The van der Waals surface area contributed by atoms with E-state index in [1.54, 1.807) is 12.4 Å². The van der Waals surface area contributed by atoms with Gasteiger partial charge in [-0.1, -0.05) is 12.8 Å². The summed E-state index contributed by atoms with van der Waals surface area (Å²) in [6.07, 6.45) is 8.26. The van der Waals surface area contributed by atoms with Crippen LogP contribution in [0.2, 0.25) is 0 Å². The van der Waals surface area contributed by atoms with Crippen LogP contribution in [0.5, 0.6) is 0 Å². The normalized spacial score (nSPS) is 16.6. The smallest absolute Gasteiger partial charge is 0.271 e. The van der Waals surface area contributed by atoms with Crippen molar-refractivity contribution in [2.45, 2.75) is 52.0 Å². The maximum absolute atomic E-state index is 12.0. The van der Waals surface area contributed by atoms with Gasteiger partial charge in [-0.3, -0.25) is 4.79 Å². The Hall–Kier alpha value is -1.65. The van der Waals surface area contributed by atoms with Crippen molar-refractivity contribution in [3.05, 3.63) is 18.1 Å². The number of hydrogen-bond donors (Lipinski definition) is 1. The average molecular weight is 276 g/mol. The Kier molecular flexibility index (Phi) is 4.57. The highest BCUT2D eigenvalue weighted by atomic mass is 16.2. The van der Waals surface area contributed by atoms with E-state index in [0.29, 0.717) is 5.69 Å². The monoisotopic (exact) mass is 276 g/mol. The van der Waals surface area contributed by atoms with Crippen LogP contribution in [0, 0.1) is 0 Å². The Morgan fingerprint density at radius 2 is 1.75 bits per heavy atom. The highest BCUT2D eigenvalue weighted by Gasteiger charge is 2.17. The van der Waals surface area contributed by atoms with Gasteiger partial charge in [-0.25, -0.2) is 9.97 Å². The third kappa shape index (κ3) is 4.18. The zero-order chi connectivity index (χ0) is 14.6. The molecular weight excluding hydrogens is 252 g/mol. The predicted molar refractivity (Wildman–Crippen MR) is 79.9 cm³/mol. The number of anilines is 1. The van der Waals surface area contributed by atoms with Gasteiger partial charge in [0.15, 0.2) is 0 Å². The molecule has 0 radical (unpaired) electrons.